The predicted molar refractivity (Wildman–Crippen MR) is 62.3 cm³/mol. The van der Waals surface area contributed by atoms with Crippen LogP contribution in [0.1, 0.15) is 5.56 Å². The van der Waals surface area contributed by atoms with E-state index in [2.05, 4.69) is 16.3 Å². The zero-order valence-corrected chi connectivity index (χ0v) is 8.98. The molecule has 0 radical (unpaired) electrons. The Morgan fingerprint density at radius 2 is 2.06 bits per heavy atom. The average molecular weight is 218 g/mol. The van der Waals surface area contributed by atoms with Gasteiger partial charge in [-0.25, -0.2) is 0 Å². The second kappa shape index (κ2) is 4.06. The minimum absolute atomic E-state index is 0.790. The molecule has 0 saturated carbocycles. The van der Waals surface area contributed by atoms with Gasteiger partial charge in [0.05, 0.1) is 0 Å². The van der Waals surface area contributed by atoms with E-state index in [1.165, 1.54) is 5.69 Å². The average Bonchev–Trinajstić information content (AvgIpc) is 2.39. The highest BCUT2D eigenvalue weighted by molar-refractivity contribution is 5.73. The van der Waals surface area contributed by atoms with Gasteiger partial charge in [-0.1, -0.05) is 6.07 Å². The van der Waals surface area contributed by atoms with Gasteiger partial charge in [0, 0.05) is 37.4 Å². The van der Waals surface area contributed by atoms with Crippen LogP contribution in [-0.4, -0.2) is 26.2 Å². The molecule has 2 aliphatic heterocycles. The zero-order valence-electron chi connectivity index (χ0n) is 8.98. The maximum atomic E-state index is 5.13. The summed E-state index contributed by atoms with van der Waals surface area (Å²) in [6.07, 6.45) is 3.53. The first kappa shape index (κ1) is 9.54. The van der Waals surface area contributed by atoms with Crippen LogP contribution in [0, 0.1) is 0 Å². The Labute approximate surface area is 94.4 Å². The Kier molecular flexibility index (Phi) is 2.42. The number of anilines is 1. The van der Waals surface area contributed by atoms with Gasteiger partial charge in [-0.05, 0) is 18.2 Å². The molecular formula is C12H14N2O2. The van der Waals surface area contributed by atoms with Gasteiger partial charge in [-0.15, -0.1) is 0 Å². The first-order valence-electron chi connectivity index (χ1n) is 5.54. The van der Waals surface area contributed by atoms with Gasteiger partial charge in [-0.2, -0.15) is 0 Å². The monoisotopic (exact) mass is 218 g/mol. The first-order chi connectivity index (χ1) is 7.95. The third kappa shape index (κ3) is 1.61. The topological polar surface area (TPSA) is 33.7 Å². The Hall–Kier alpha value is -1.68. The standard InChI is InChI=1S/C12H14N2O2/c1-2-11(14-7-5-13-6-8-14)10-4-9-15-16-12(10)3-1/h1-4,9,13H,5-8H2. The van der Waals surface area contributed by atoms with Gasteiger partial charge in [0.1, 0.15) is 6.26 Å². The normalized spacial score (nSPS) is 18.6. The summed E-state index contributed by atoms with van der Waals surface area (Å²) in [7, 11) is 0. The molecule has 2 aliphatic rings. The summed E-state index contributed by atoms with van der Waals surface area (Å²) in [5, 5.41) is 3.35. The van der Waals surface area contributed by atoms with Crippen molar-refractivity contribution in [3.63, 3.8) is 0 Å². The van der Waals surface area contributed by atoms with Crippen LogP contribution in [0.15, 0.2) is 24.5 Å². The number of nitrogens with zero attached hydrogens (tertiary/aromatic N) is 1. The molecule has 0 amide bonds. The molecule has 1 aromatic rings. The second-order valence-corrected chi connectivity index (χ2v) is 3.91. The molecule has 1 N–H and O–H groups in total. The van der Waals surface area contributed by atoms with Crippen LogP contribution in [-0.2, 0) is 4.89 Å². The van der Waals surface area contributed by atoms with Crippen molar-refractivity contribution in [2.45, 2.75) is 0 Å². The smallest absolute Gasteiger partial charge is 0.188 e. The molecule has 84 valence electrons. The SMILES string of the molecule is C1=Cc2c(cccc2N2CCNCC2)OO1. The largest absolute Gasteiger partial charge is 0.368 e. The van der Waals surface area contributed by atoms with Gasteiger partial charge in [-0.3, -0.25) is 9.78 Å². The number of hydrogen-bond donors (Lipinski definition) is 1. The molecule has 0 atom stereocenters. The van der Waals surface area contributed by atoms with Crippen molar-refractivity contribution in [1.82, 2.24) is 5.32 Å². The fraction of sp³-hybridized carbons (Fsp3) is 0.333. The predicted octanol–water partition coefficient (Wildman–Crippen LogP) is 1.39. The van der Waals surface area contributed by atoms with Crippen LogP contribution in [0.5, 0.6) is 5.75 Å². The maximum Gasteiger partial charge on any atom is 0.188 e. The summed E-state index contributed by atoms with van der Waals surface area (Å²) in [5.41, 5.74) is 2.33. The summed E-state index contributed by atoms with van der Waals surface area (Å²) in [4.78, 5) is 12.3. The van der Waals surface area contributed by atoms with Crippen LogP contribution in [0.25, 0.3) is 6.08 Å². The molecule has 0 aromatic heterocycles. The van der Waals surface area contributed by atoms with Crippen molar-refractivity contribution < 1.29 is 9.78 Å². The Balaban J connectivity index is 1.97. The molecule has 3 rings (SSSR count). The molecule has 4 heteroatoms. The highest BCUT2D eigenvalue weighted by Gasteiger charge is 2.17. The summed E-state index contributed by atoms with van der Waals surface area (Å²) in [6, 6.07) is 6.05. The molecule has 0 unspecified atom stereocenters. The van der Waals surface area contributed by atoms with E-state index in [0.717, 1.165) is 37.5 Å². The second-order valence-electron chi connectivity index (χ2n) is 3.91. The van der Waals surface area contributed by atoms with Crippen molar-refractivity contribution in [2.24, 2.45) is 0 Å². The van der Waals surface area contributed by atoms with E-state index < -0.39 is 0 Å². The van der Waals surface area contributed by atoms with E-state index in [1.807, 2.05) is 18.2 Å². The minimum atomic E-state index is 0.790. The molecule has 0 spiro atoms. The van der Waals surface area contributed by atoms with Gasteiger partial charge in [0.25, 0.3) is 0 Å². The number of rotatable bonds is 1. The summed E-state index contributed by atoms with van der Waals surface area (Å²) < 4.78 is 0. The van der Waals surface area contributed by atoms with Crippen LogP contribution >= 0.6 is 0 Å². The summed E-state index contributed by atoms with van der Waals surface area (Å²) in [6.45, 7) is 4.13. The van der Waals surface area contributed by atoms with E-state index in [9.17, 15) is 0 Å². The fourth-order valence-electron chi connectivity index (χ4n) is 2.13. The lowest BCUT2D eigenvalue weighted by Crippen LogP contribution is -2.43. The van der Waals surface area contributed by atoms with Crippen molar-refractivity contribution in [3.8, 4) is 5.75 Å². The molecule has 1 saturated heterocycles. The van der Waals surface area contributed by atoms with E-state index in [4.69, 9.17) is 9.78 Å². The van der Waals surface area contributed by atoms with E-state index in [1.54, 1.807) is 6.26 Å². The number of hydrogen-bond acceptors (Lipinski definition) is 4. The Morgan fingerprint density at radius 1 is 1.19 bits per heavy atom. The van der Waals surface area contributed by atoms with Crippen LogP contribution in [0.3, 0.4) is 0 Å². The lowest BCUT2D eigenvalue weighted by atomic mass is 10.1. The fourth-order valence-corrected chi connectivity index (χ4v) is 2.13. The zero-order chi connectivity index (χ0) is 10.8. The van der Waals surface area contributed by atoms with E-state index >= 15 is 0 Å². The quantitative estimate of drug-likeness (QED) is 0.722. The van der Waals surface area contributed by atoms with Gasteiger partial charge >= 0.3 is 0 Å². The number of nitrogens with one attached hydrogen (secondary N) is 1. The first-order valence-corrected chi connectivity index (χ1v) is 5.54. The van der Waals surface area contributed by atoms with Crippen LogP contribution < -0.4 is 15.1 Å². The third-order valence-electron chi connectivity index (χ3n) is 2.93. The summed E-state index contributed by atoms with van der Waals surface area (Å²) in [5.74, 6) is 0.790. The molecule has 0 aliphatic carbocycles. The van der Waals surface area contributed by atoms with Gasteiger partial charge in [0.2, 0.25) is 0 Å². The highest BCUT2D eigenvalue weighted by Crippen LogP contribution is 2.33. The lowest BCUT2D eigenvalue weighted by Gasteiger charge is -2.31. The van der Waals surface area contributed by atoms with Crippen LogP contribution in [0.4, 0.5) is 5.69 Å². The molecular weight excluding hydrogens is 204 g/mol. The van der Waals surface area contributed by atoms with Crippen LogP contribution in [0.2, 0.25) is 0 Å². The maximum absolute atomic E-state index is 5.13. The van der Waals surface area contributed by atoms with Crippen molar-refractivity contribution in [2.75, 3.05) is 31.1 Å². The molecule has 0 bridgehead atoms. The van der Waals surface area contributed by atoms with Gasteiger partial charge < -0.3 is 10.2 Å². The molecule has 1 aromatic carbocycles. The Bertz CT molecular complexity index is 411. The summed E-state index contributed by atoms with van der Waals surface area (Å²) >= 11 is 0. The molecule has 4 nitrogen and oxygen atoms in total. The van der Waals surface area contributed by atoms with E-state index in [0.29, 0.717) is 0 Å². The Morgan fingerprint density at radius 3 is 2.94 bits per heavy atom. The van der Waals surface area contributed by atoms with Crippen molar-refractivity contribution in [3.05, 3.63) is 30.0 Å². The van der Waals surface area contributed by atoms with Crippen molar-refractivity contribution in [1.29, 1.82) is 0 Å². The molecule has 16 heavy (non-hydrogen) atoms. The van der Waals surface area contributed by atoms with Crippen molar-refractivity contribution >= 4 is 11.8 Å². The number of benzene rings is 1. The number of piperazine rings is 1. The minimum Gasteiger partial charge on any atom is -0.368 e. The number of fused-ring (bicyclic) bond motifs is 1. The third-order valence-corrected chi connectivity index (χ3v) is 2.93. The highest BCUT2D eigenvalue weighted by atomic mass is 17.2. The molecule has 1 fully saturated rings. The van der Waals surface area contributed by atoms with Gasteiger partial charge in [0.15, 0.2) is 5.75 Å². The lowest BCUT2D eigenvalue weighted by molar-refractivity contribution is -0.151. The molecule has 2 heterocycles. The van der Waals surface area contributed by atoms with E-state index in [-0.39, 0.29) is 0 Å².